The van der Waals surface area contributed by atoms with Crippen LogP contribution in [0.2, 0.25) is 0 Å². The maximum atomic E-state index is 13.1. The molecule has 0 radical (unpaired) electrons. The smallest absolute Gasteiger partial charge is 0.162 e. The molecule has 2 heterocycles. The van der Waals surface area contributed by atoms with Crippen molar-refractivity contribution in [3.8, 4) is 0 Å². The van der Waals surface area contributed by atoms with Crippen molar-refractivity contribution >= 4 is 30.6 Å². The SMILES string of the molecule is Cc1cccc(CN2CCC(CCCC(=O)c3ccc4c(c3)CN(Cc3ccccc3)CCC4)CC2)c1.Cl.Cl. The molecular weight excluding hydrogens is 523 g/mol. The number of rotatable bonds is 9. The van der Waals surface area contributed by atoms with Gasteiger partial charge >= 0.3 is 0 Å². The number of carbonyl (C=O) groups excluding carboxylic acids is 1. The Balaban J connectivity index is 0.00000210. The van der Waals surface area contributed by atoms with E-state index in [0.29, 0.717) is 12.2 Å². The number of carbonyl (C=O) groups is 1. The van der Waals surface area contributed by atoms with Gasteiger partial charge < -0.3 is 0 Å². The fraction of sp³-hybridized carbons (Fsp3) is 0.441. The number of hydrogen-bond donors (Lipinski definition) is 0. The lowest BCUT2D eigenvalue weighted by Crippen LogP contribution is -2.33. The summed E-state index contributed by atoms with van der Waals surface area (Å²) in [5.41, 5.74) is 7.81. The number of nitrogens with zero attached hydrogens (tertiary/aromatic N) is 2. The molecule has 0 bridgehead atoms. The molecule has 0 amide bonds. The van der Waals surface area contributed by atoms with Gasteiger partial charge in [0.15, 0.2) is 5.78 Å². The summed E-state index contributed by atoms with van der Waals surface area (Å²) < 4.78 is 0. The summed E-state index contributed by atoms with van der Waals surface area (Å²) >= 11 is 0. The summed E-state index contributed by atoms with van der Waals surface area (Å²) in [4.78, 5) is 18.2. The van der Waals surface area contributed by atoms with Crippen LogP contribution in [0.25, 0.3) is 0 Å². The second-order valence-corrected chi connectivity index (χ2v) is 11.3. The minimum atomic E-state index is 0. The molecule has 3 nitrogen and oxygen atoms in total. The quantitative estimate of drug-likeness (QED) is 0.245. The molecule has 5 rings (SSSR count). The largest absolute Gasteiger partial charge is 0.299 e. The monoisotopic (exact) mass is 566 g/mol. The molecule has 0 spiro atoms. The van der Waals surface area contributed by atoms with E-state index >= 15 is 0 Å². The highest BCUT2D eigenvalue weighted by Crippen LogP contribution is 2.26. The Bertz CT molecular complexity index is 1170. The minimum Gasteiger partial charge on any atom is -0.299 e. The molecule has 0 atom stereocenters. The van der Waals surface area contributed by atoms with Gasteiger partial charge in [-0.15, -0.1) is 24.8 Å². The Morgan fingerprint density at radius 2 is 1.54 bits per heavy atom. The van der Waals surface area contributed by atoms with Gasteiger partial charge in [0.2, 0.25) is 0 Å². The van der Waals surface area contributed by atoms with Gasteiger partial charge in [-0.1, -0.05) is 72.3 Å². The highest BCUT2D eigenvalue weighted by molar-refractivity contribution is 5.96. The lowest BCUT2D eigenvalue weighted by molar-refractivity contribution is 0.0973. The van der Waals surface area contributed by atoms with Gasteiger partial charge in [-0.05, 0) is 99.3 Å². The Morgan fingerprint density at radius 1 is 0.795 bits per heavy atom. The summed E-state index contributed by atoms with van der Waals surface area (Å²) in [6.07, 6.45) is 7.68. The van der Waals surface area contributed by atoms with E-state index in [2.05, 4.69) is 89.5 Å². The van der Waals surface area contributed by atoms with E-state index in [4.69, 9.17) is 0 Å². The van der Waals surface area contributed by atoms with E-state index in [1.807, 2.05) is 0 Å². The Morgan fingerprint density at radius 3 is 2.31 bits per heavy atom. The maximum absolute atomic E-state index is 13.1. The number of hydrogen-bond acceptors (Lipinski definition) is 3. The summed E-state index contributed by atoms with van der Waals surface area (Å²) in [6, 6.07) is 26.1. The Hall–Kier alpha value is -2.17. The van der Waals surface area contributed by atoms with Gasteiger partial charge in [-0.25, -0.2) is 0 Å². The predicted molar refractivity (Wildman–Crippen MR) is 167 cm³/mol. The summed E-state index contributed by atoms with van der Waals surface area (Å²) in [6.45, 7) is 8.61. The van der Waals surface area contributed by atoms with Crippen molar-refractivity contribution < 1.29 is 4.79 Å². The molecule has 0 aliphatic carbocycles. The van der Waals surface area contributed by atoms with Crippen LogP contribution in [0, 0.1) is 12.8 Å². The standard InChI is InChI=1S/C34H42N2O.2ClH/c1-27-8-5-12-30(22-27)25-35-20-17-28(18-21-35)11-6-14-34(37)32-16-15-31-13-7-19-36(26-33(31)23-32)24-29-9-3-2-4-10-29;;/h2-5,8-10,12,15-16,22-23,28H,6-7,11,13-14,17-21,24-26H2,1H3;2*1H. The molecule has 210 valence electrons. The molecule has 0 N–H and O–H groups in total. The van der Waals surface area contributed by atoms with Crippen LogP contribution in [0.15, 0.2) is 72.8 Å². The van der Waals surface area contributed by atoms with E-state index in [-0.39, 0.29) is 24.8 Å². The summed E-state index contributed by atoms with van der Waals surface area (Å²) in [5.74, 6) is 1.08. The number of ketones is 1. The molecular formula is C34H44Cl2N2O. The van der Waals surface area contributed by atoms with E-state index in [1.54, 1.807) is 0 Å². The molecule has 2 aliphatic heterocycles. The van der Waals surface area contributed by atoms with Crippen molar-refractivity contribution in [1.29, 1.82) is 0 Å². The predicted octanol–water partition coefficient (Wildman–Crippen LogP) is 8.05. The third kappa shape index (κ3) is 9.18. The van der Waals surface area contributed by atoms with Crippen LogP contribution in [0.5, 0.6) is 0 Å². The van der Waals surface area contributed by atoms with Crippen molar-refractivity contribution in [1.82, 2.24) is 9.80 Å². The van der Waals surface area contributed by atoms with E-state index in [1.165, 1.54) is 66.6 Å². The Labute approximate surface area is 247 Å². The molecule has 5 heteroatoms. The van der Waals surface area contributed by atoms with Gasteiger partial charge in [-0.3, -0.25) is 14.6 Å². The van der Waals surface area contributed by atoms with Crippen LogP contribution >= 0.6 is 24.8 Å². The van der Waals surface area contributed by atoms with Gasteiger partial charge in [-0.2, -0.15) is 0 Å². The number of Topliss-reactive ketones (excluding diaryl/α,β-unsaturated/α-hetero) is 1. The lowest BCUT2D eigenvalue weighted by Gasteiger charge is -2.32. The second kappa shape index (κ2) is 15.6. The van der Waals surface area contributed by atoms with Crippen molar-refractivity contribution in [3.63, 3.8) is 0 Å². The summed E-state index contributed by atoms with van der Waals surface area (Å²) in [5, 5.41) is 0. The van der Waals surface area contributed by atoms with Crippen LogP contribution in [0.4, 0.5) is 0 Å². The first-order valence-electron chi connectivity index (χ1n) is 14.3. The first-order valence-corrected chi connectivity index (χ1v) is 14.3. The average Bonchev–Trinajstić information content (AvgIpc) is 3.11. The fourth-order valence-electron chi connectivity index (χ4n) is 6.18. The normalized spacial score (nSPS) is 16.4. The first kappa shape index (κ1) is 31.4. The average molecular weight is 568 g/mol. The molecule has 2 aliphatic rings. The third-order valence-electron chi connectivity index (χ3n) is 8.30. The van der Waals surface area contributed by atoms with Crippen molar-refractivity contribution in [2.75, 3.05) is 19.6 Å². The molecule has 3 aromatic rings. The van der Waals surface area contributed by atoms with Crippen LogP contribution in [0.1, 0.15) is 76.7 Å². The molecule has 0 aromatic heterocycles. The third-order valence-corrected chi connectivity index (χ3v) is 8.30. The van der Waals surface area contributed by atoms with E-state index < -0.39 is 0 Å². The number of likely N-dealkylation sites (tertiary alicyclic amines) is 1. The van der Waals surface area contributed by atoms with Crippen LogP contribution in [-0.2, 0) is 26.1 Å². The molecule has 39 heavy (non-hydrogen) atoms. The van der Waals surface area contributed by atoms with Crippen LogP contribution < -0.4 is 0 Å². The van der Waals surface area contributed by atoms with Gasteiger partial charge in [0, 0.05) is 31.6 Å². The molecule has 3 aromatic carbocycles. The zero-order chi connectivity index (χ0) is 25.5. The van der Waals surface area contributed by atoms with E-state index in [0.717, 1.165) is 50.5 Å². The van der Waals surface area contributed by atoms with Gasteiger partial charge in [0.1, 0.15) is 0 Å². The first-order chi connectivity index (χ1) is 18.1. The second-order valence-electron chi connectivity index (χ2n) is 11.3. The van der Waals surface area contributed by atoms with Gasteiger partial charge in [0.25, 0.3) is 0 Å². The van der Waals surface area contributed by atoms with Crippen molar-refractivity contribution in [2.24, 2.45) is 5.92 Å². The number of benzene rings is 3. The highest BCUT2D eigenvalue weighted by Gasteiger charge is 2.20. The number of aryl methyl sites for hydroxylation is 2. The zero-order valence-corrected chi connectivity index (χ0v) is 25.0. The van der Waals surface area contributed by atoms with E-state index in [9.17, 15) is 4.79 Å². The molecule has 0 saturated carbocycles. The molecule has 1 fully saturated rings. The molecule has 0 unspecified atom stereocenters. The Kier molecular flexibility index (Phi) is 12.5. The maximum Gasteiger partial charge on any atom is 0.162 e. The number of fused-ring (bicyclic) bond motifs is 1. The van der Waals surface area contributed by atoms with Crippen LogP contribution in [0.3, 0.4) is 0 Å². The lowest BCUT2D eigenvalue weighted by atomic mass is 9.90. The fourth-order valence-corrected chi connectivity index (χ4v) is 6.18. The molecule has 1 saturated heterocycles. The zero-order valence-electron chi connectivity index (χ0n) is 23.3. The van der Waals surface area contributed by atoms with Crippen molar-refractivity contribution in [3.05, 3.63) is 106 Å². The van der Waals surface area contributed by atoms with Crippen LogP contribution in [-0.4, -0.2) is 35.2 Å². The number of halogens is 2. The highest BCUT2D eigenvalue weighted by atomic mass is 35.5. The topological polar surface area (TPSA) is 23.6 Å². The number of piperidine rings is 1. The van der Waals surface area contributed by atoms with Crippen molar-refractivity contribution in [2.45, 2.75) is 71.5 Å². The minimum absolute atomic E-state index is 0. The summed E-state index contributed by atoms with van der Waals surface area (Å²) in [7, 11) is 0. The van der Waals surface area contributed by atoms with Gasteiger partial charge in [0.05, 0.1) is 0 Å².